The zero-order valence-corrected chi connectivity index (χ0v) is 9.63. The summed E-state index contributed by atoms with van der Waals surface area (Å²) in [6.45, 7) is 7.19. The molecular weight excluding hydrogens is 172 g/mol. The lowest BCUT2D eigenvalue weighted by Gasteiger charge is -2.38. The van der Waals surface area contributed by atoms with Gasteiger partial charge in [-0.05, 0) is 37.5 Å². The second-order valence-electron chi connectivity index (χ2n) is 5.94. The summed E-state index contributed by atoms with van der Waals surface area (Å²) < 4.78 is 0. The Morgan fingerprint density at radius 1 is 1.14 bits per heavy atom. The van der Waals surface area contributed by atoms with Crippen LogP contribution in [0.1, 0.15) is 46.0 Å². The van der Waals surface area contributed by atoms with Crippen molar-refractivity contribution in [2.24, 2.45) is 11.1 Å². The van der Waals surface area contributed by atoms with Gasteiger partial charge < -0.3 is 5.73 Å². The second kappa shape index (κ2) is 3.82. The molecule has 82 valence electrons. The molecule has 1 saturated carbocycles. The first-order valence-electron chi connectivity index (χ1n) is 6.06. The number of nitrogens with two attached hydrogens (primary N) is 1. The van der Waals surface area contributed by atoms with E-state index < -0.39 is 0 Å². The monoisotopic (exact) mass is 196 g/mol. The van der Waals surface area contributed by atoms with Gasteiger partial charge in [0.25, 0.3) is 0 Å². The van der Waals surface area contributed by atoms with Crippen LogP contribution < -0.4 is 5.73 Å². The number of nitrogens with zero attached hydrogens (tertiary/aromatic N) is 1. The third-order valence-corrected chi connectivity index (χ3v) is 4.08. The van der Waals surface area contributed by atoms with Crippen molar-refractivity contribution in [3.05, 3.63) is 0 Å². The first-order valence-corrected chi connectivity index (χ1v) is 6.06. The van der Waals surface area contributed by atoms with Crippen LogP contribution in [0.25, 0.3) is 0 Å². The largest absolute Gasteiger partial charge is 0.326 e. The van der Waals surface area contributed by atoms with Gasteiger partial charge in [0.15, 0.2) is 0 Å². The number of hydrogen-bond acceptors (Lipinski definition) is 2. The highest BCUT2D eigenvalue weighted by Gasteiger charge is 2.32. The number of rotatable bonds is 1. The molecule has 1 saturated heterocycles. The van der Waals surface area contributed by atoms with Crippen molar-refractivity contribution < 1.29 is 0 Å². The van der Waals surface area contributed by atoms with E-state index in [1.807, 2.05) is 0 Å². The molecular formula is C12H24N2. The Labute approximate surface area is 87.8 Å². The first kappa shape index (κ1) is 10.4. The Morgan fingerprint density at radius 2 is 1.79 bits per heavy atom. The summed E-state index contributed by atoms with van der Waals surface area (Å²) in [5, 5.41) is 0. The van der Waals surface area contributed by atoms with Crippen LogP contribution in [0.5, 0.6) is 0 Å². The molecule has 0 radical (unpaired) electrons. The predicted octanol–water partition coefficient (Wildman–Crippen LogP) is 1.99. The van der Waals surface area contributed by atoms with E-state index in [4.69, 9.17) is 5.73 Å². The maximum Gasteiger partial charge on any atom is 0.0180 e. The molecule has 1 aliphatic carbocycles. The van der Waals surface area contributed by atoms with Crippen LogP contribution >= 0.6 is 0 Å². The van der Waals surface area contributed by atoms with Crippen molar-refractivity contribution in [3.8, 4) is 0 Å². The van der Waals surface area contributed by atoms with E-state index in [2.05, 4.69) is 18.7 Å². The van der Waals surface area contributed by atoms with Crippen molar-refractivity contribution in [1.29, 1.82) is 0 Å². The molecule has 14 heavy (non-hydrogen) atoms. The molecule has 1 aliphatic heterocycles. The predicted molar refractivity (Wildman–Crippen MR) is 60.2 cm³/mol. The molecule has 1 heterocycles. The molecule has 0 aromatic rings. The lowest BCUT2D eigenvalue weighted by molar-refractivity contribution is 0.126. The lowest BCUT2D eigenvalue weighted by Crippen LogP contribution is -2.39. The smallest absolute Gasteiger partial charge is 0.0180 e. The second-order valence-corrected chi connectivity index (χ2v) is 5.94. The van der Waals surface area contributed by atoms with E-state index >= 15 is 0 Å². The Morgan fingerprint density at radius 3 is 2.29 bits per heavy atom. The number of hydrogen-bond donors (Lipinski definition) is 1. The highest BCUT2D eigenvalue weighted by molar-refractivity contribution is 4.88. The molecule has 1 atom stereocenters. The van der Waals surface area contributed by atoms with E-state index in [9.17, 15) is 0 Å². The average molecular weight is 196 g/mol. The zero-order chi connectivity index (χ0) is 10.2. The lowest BCUT2D eigenvalue weighted by atomic mass is 9.75. The van der Waals surface area contributed by atoms with Crippen LogP contribution in [0.15, 0.2) is 0 Å². The highest BCUT2D eigenvalue weighted by atomic mass is 15.2. The molecule has 0 spiro atoms. The molecule has 0 amide bonds. The van der Waals surface area contributed by atoms with Gasteiger partial charge in [-0.25, -0.2) is 0 Å². The topological polar surface area (TPSA) is 29.3 Å². The van der Waals surface area contributed by atoms with Crippen LogP contribution in [-0.4, -0.2) is 30.1 Å². The SMILES string of the molecule is CC1(C)CCC(N2CCC(N)C2)CC1. The van der Waals surface area contributed by atoms with E-state index in [1.165, 1.54) is 38.6 Å². The van der Waals surface area contributed by atoms with Gasteiger partial charge in [-0.15, -0.1) is 0 Å². The molecule has 2 fully saturated rings. The normalized spacial score (nSPS) is 34.9. The van der Waals surface area contributed by atoms with Crippen molar-refractivity contribution in [1.82, 2.24) is 4.90 Å². The highest BCUT2D eigenvalue weighted by Crippen LogP contribution is 2.37. The fourth-order valence-electron chi connectivity index (χ4n) is 2.90. The quantitative estimate of drug-likeness (QED) is 0.695. The molecule has 0 aromatic carbocycles. The van der Waals surface area contributed by atoms with Crippen molar-refractivity contribution in [2.45, 2.75) is 58.0 Å². The van der Waals surface area contributed by atoms with E-state index in [0.29, 0.717) is 11.5 Å². The Kier molecular flexibility index (Phi) is 2.85. The fourth-order valence-corrected chi connectivity index (χ4v) is 2.90. The summed E-state index contributed by atoms with van der Waals surface area (Å²) in [6, 6.07) is 1.29. The molecule has 0 bridgehead atoms. The Hall–Kier alpha value is -0.0800. The molecule has 2 nitrogen and oxygen atoms in total. The van der Waals surface area contributed by atoms with Gasteiger partial charge >= 0.3 is 0 Å². The number of likely N-dealkylation sites (tertiary alicyclic amines) is 1. The van der Waals surface area contributed by atoms with E-state index in [1.54, 1.807) is 0 Å². The van der Waals surface area contributed by atoms with Gasteiger partial charge in [0.05, 0.1) is 0 Å². The maximum absolute atomic E-state index is 5.94. The third kappa shape index (κ3) is 2.29. The Bertz CT molecular complexity index is 190. The third-order valence-electron chi connectivity index (χ3n) is 4.08. The summed E-state index contributed by atoms with van der Waals surface area (Å²) in [5.74, 6) is 0. The minimum atomic E-state index is 0.449. The van der Waals surface area contributed by atoms with Gasteiger partial charge in [0.1, 0.15) is 0 Å². The summed E-state index contributed by atoms with van der Waals surface area (Å²) in [4.78, 5) is 2.62. The first-order chi connectivity index (χ1) is 6.57. The van der Waals surface area contributed by atoms with Crippen molar-refractivity contribution in [2.75, 3.05) is 13.1 Å². The molecule has 2 rings (SSSR count). The van der Waals surface area contributed by atoms with Gasteiger partial charge in [-0.3, -0.25) is 4.90 Å². The molecule has 2 aliphatic rings. The van der Waals surface area contributed by atoms with Crippen molar-refractivity contribution in [3.63, 3.8) is 0 Å². The molecule has 1 unspecified atom stereocenters. The van der Waals surface area contributed by atoms with E-state index in [-0.39, 0.29) is 0 Å². The van der Waals surface area contributed by atoms with Crippen LogP contribution in [-0.2, 0) is 0 Å². The summed E-state index contributed by atoms with van der Waals surface area (Å²) >= 11 is 0. The van der Waals surface area contributed by atoms with Gasteiger partial charge in [-0.2, -0.15) is 0 Å². The average Bonchev–Trinajstić information content (AvgIpc) is 2.52. The van der Waals surface area contributed by atoms with Crippen LogP contribution in [0.2, 0.25) is 0 Å². The Balaban J connectivity index is 1.83. The van der Waals surface area contributed by atoms with Crippen LogP contribution in [0.4, 0.5) is 0 Å². The standard InChI is InChI=1S/C12H24N2/c1-12(2)6-3-11(4-7-12)14-8-5-10(13)9-14/h10-11H,3-9,13H2,1-2H3. The van der Waals surface area contributed by atoms with Crippen LogP contribution in [0.3, 0.4) is 0 Å². The summed E-state index contributed by atoms with van der Waals surface area (Å²) in [5.41, 5.74) is 6.54. The maximum atomic E-state index is 5.94. The molecule has 2 N–H and O–H groups in total. The zero-order valence-electron chi connectivity index (χ0n) is 9.63. The van der Waals surface area contributed by atoms with Crippen molar-refractivity contribution >= 4 is 0 Å². The minimum Gasteiger partial charge on any atom is -0.326 e. The summed E-state index contributed by atoms with van der Waals surface area (Å²) in [6.07, 6.45) is 6.77. The van der Waals surface area contributed by atoms with Gasteiger partial charge in [-0.1, -0.05) is 13.8 Å². The molecule has 2 heteroatoms. The molecule has 0 aromatic heterocycles. The van der Waals surface area contributed by atoms with E-state index in [0.717, 1.165) is 12.6 Å². The van der Waals surface area contributed by atoms with Gasteiger partial charge in [0, 0.05) is 25.2 Å². The minimum absolute atomic E-state index is 0.449. The summed E-state index contributed by atoms with van der Waals surface area (Å²) in [7, 11) is 0. The van der Waals surface area contributed by atoms with Crippen LogP contribution in [0, 0.1) is 5.41 Å². The fraction of sp³-hybridized carbons (Fsp3) is 1.00. The van der Waals surface area contributed by atoms with Gasteiger partial charge in [0.2, 0.25) is 0 Å².